The van der Waals surface area contributed by atoms with Crippen molar-refractivity contribution in [3.8, 4) is 0 Å². The van der Waals surface area contributed by atoms with Crippen molar-refractivity contribution in [1.29, 1.82) is 0 Å². The van der Waals surface area contributed by atoms with Crippen molar-refractivity contribution in [1.82, 2.24) is 69.0 Å². The minimum atomic E-state index is 0.856. The molecule has 7 aromatic heterocycles. The van der Waals surface area contributed by atoms with E-state index in [2.05, 4.69) is 50.5 Å². The predicted molar refractivity (Wildman–Crippen MR) is 211 cm³/mol. The molecular formula is C38H58N14O. The van der Waals surface area contributed by atoms with Crippen LogP contribution in [0.5, 0.6) is 0 Å². The lowest BCUT2D eigenvalue weighted by Gasteiger charge is -1.87. The zero-order valence-electron chi connectivity index (χ0n) is 33.9. The fraction of sp³-hybridized carbons (Fsp3) is 0.368. The summed E-state index contributed by atoms with van der Waals surface area (Å²) in [5.41, 5.74) is 6.43. The fourth-order valence-corrected chi connectivity index (χ4v) is 3.79. The third-order valence-corrected chi connectivity index (χ3v) is 6.60. The third kappa shape index (κ3) is 19.7. The number of H-pyrrole nitrogens is 2. The van der Waals surface area contributed by atoms with Gasteiger partial charge in [-0.05, 0) is 79.7 Å². The smallest absolute Gasteiger partial charge is 0.137 e. The van der Waals surface area contributed by atoms with Crippen molar-refractivity contribution in [3.05, 3.63) is 132 Å². The number of fused-ring (bicyclic) bond motifs is 1. The molecule has 0 saturated carbocycles. The van der Waals surface area contributed by atoms with E-state index in [0.717, 1.165) is 51.3 Å². The Labute approximate surface area is 313 Å². The number of aromatic amines is 2. The van der Waals surface area contributed by atoms with Gasteiger partial charge in [0.05, 0.1) is 34.4 Å². The first-order valence-corrected chi connectivity index (χ1v) is 17.2. The second-order valence-electron chi connectivity index (χ2n) is 11.5. The van der Waals surface area contributed by atoms with Gasteiger partial charge in [-0.15, -0.1) is 0 Å². The standard InChI is InChI=1S/C8H8N2.4C5H8N2.C5H7NO.C3H5N3.C2H6/c1-6-9-7-4-2-3-5-8(7)10-6;1-5-3-7(2)4-6-5;1-5-6-3-4-7(5)2;1-5-3-4-7(2)6-5;1-5-3-4-6-7(5)2;1-4-3-5(2)7-6-4;1-3-4-2-5-6-3;1-2/h2-5H,1H3,(H,9,10);4*3-4H,1-2H3;3H,1-2H3;2H,1H3,(H,4,5,6);1-2H3. The Morgan fingerprint density at radius 1 is 0.717 bits per heavy atom. The number of aromatic nitrogens is 14. The Hall–Kier alpha value is -6.12. The van der Waals surface area contributed by atoms with E-state index in [1.807, 2.05) is 172 Å². The van der Waals surface area contributed by atoms with Gasteiger partial charge in [0.25, 0.3) is 0 Å². The van der Waals surface area contributed by atoms with Crippen molar-refractivity contribution in [2.75, 3.05) is 0 Å². The van der Waals surface area contributed by atoms with E-state index in [4.69, 9.17) is 4.52 Å². The molecule has 0 fully saturated rings. The molecule has 0 amide bonds. The molecule has 8 rings (SSSR count). The molecule has 286 valence electrons. The van der Waals surface area contributed by atoms with Gasteiger partial charge in [-0.1, -0.05) is 31.1 Å². The predicted octanol–water partition coefficient (Wildman–Crippen LogP) is 7.22. The van der Waals surface area contributed by atoms with Crippen LogP contribution in [0.4, 0.5) is 0 Å². The number of imidazole rings is 3. The molecule has 0 aliphatic carbocycles. The maximum atomic E-state index is 4.71. The van der Waals surface area contributed by atoms with Gasteiger partial charge in [-0.3, -0.25) is 14.5 Å². The number of benzene rings is 1. The van der Waals surface area contributed by atoms with Crippen LogP contribution in [0.25, 0.3) is 11.0 Å². The summed E-state index contributed by atoms with van der Waals surface area (Å²) in [5.74, 6) is 3.76. The van der Waals surface area contributed by atoms with Gasteiger partial charge in [0.1, 0.15) is 29.6 Å². The Balaban J connectivity index is 0.000000308. The molecule has 1 aromatic carbocycles. The summed E-state index contributed by atoms with van der Waals surface area (Å²) in [6.07, 6.45) is 12.7. The molecule has 7 heterocycles. The van der Waals surface area contributed by atoms with E-state index in [-0.39, 0.29) is 0 Å². The summed E-state index contributed by atoms with van der Waals surface area (Å²) in [6.45, 7) is 19.5. The molecular weight excluding hydrogens is 669 g/mol. The first-order valence-electron chi connectivity index (χ1n) is 17.2. The summed E-state index contributed by atoms with van der Waals surface area (Å²) >= 11 is 0. The van der Waals surface area contributed by atoms with Gasteiger partial charge in [-0.25, -0.2) is 19.9 Å². The maximum absolute atomic E-state index is 4.71. The number of nitrogens with zero attached hydrogens (tertiary/aromatic N) is 12. The molecule has 15 heteroatoms. The number of para-hydroxylation sites is 2. The van der Waals surface area contributed by atoms with Crippen LogP contribution < -0.4 is 0 Å². The first kappa shape index (κ1) is 44.9. The summed E-state index contributed by atoms with van der Waals surface area (Å²) in [4.78, 5) is 19.1. The van der Waals surface area contributed by atoms with Crippen LogP contribution in [-0.4, -0.2) is 69.0 Å². The van der Waals surface area contributed by atoms with Crippen LogP contribution in [-0.2, 0) is 28.2 Å². The minimum absolute atomic E-state index is 0.856. The lowest BCUT2D eigenvalue weighted by Crippen LogP contribution is -1.90. The first-order chi connectivity index (χ1) is 25.2. The Morgan fingerprint density at radius 3 is 1.70 bits per heavy atom. The van der Waals surface area contributed by atoms with E-state index in [9.17, 15) is 0 Å². The highest BCUT2D eigenvalue weighted by atomic mass is 16.5. The molecule has 0 saturated heterocycles. The molecule has 15 nitrogen and oxygen atoms in total. The monoisotopic (exact) mass is 726 g/mol. The molecule has 0 atom stereocenters. The number of hydrogen-bond acceptors (Lipinski definition) is 9. The number of aryl methyl sites for hydroxylation is 12. The second-order valence-corrected chi connectivity index (χ2v) is 11.5. The molecule has 0 spiro atoms. The molecule has 53 heavy (non-hydrogen) atoms. The third-order valence-electron chi connectivity index (χ3n) is 6.60. The van der Waals surface area contributed by atoms with Crippen molar-refractivity contribution >= 4 is 11.0 Å². The van der Waals surface area contributed by atoms with Gasteiger partial charge in [-0.2, -0.15) is 15.3 Å². The van der Waals surface area contributed by atoms with Crippen molar-refractivity contribution in [2.45, 2.75) is 69.2 Å². The van der Waals surface area contributed by atoms with Crippen molar-refractivity contribution in [3.63, 3.8) is 0 Å². The van der Waals surface area contributed by atoms with Crippen LogP contribution in [0.3, 0.4) is 0 Å². The zero-order valence-corrected chi connectivity index (χ0v) is 33.9. The topological polar surface area (TPSA) is 168 Å². The summed E-state index contributed by atoms with van der Waals surface area (Å²) in [5, 5.41) is 17.8. The van der Waals surface area contributed by atoms with Gasteiger partial charge in [0, 0.05) is 70.9 Å². The summed E-state index contributed by atoms with van der Waals surface area (Å²) in [7, 11) is 7.77. The van der Waals surface area contributed by atoms with Crippen LogP contribution >= 0.6 is 0 Å². The van der Waals surface area contributed by atoms with Crippen LogP contribution in [0.15, 0.2) is 90.6 Å². The molecule has 2 N–H and O–H groups in total. The second kappa shape index (κ2) is 24.9. The Morgan fingerprint density at radius 2 is 1.43 bits per heavy atom. The SMILES string of the molecule is CC.Cc1cc(C)on1.Cc1ccn(C)n1.Cc1ccnn1C.Cc1cn(C)cn1.Cc1nc2ccccc2[nH]1.Cc1nccn1C.Cc1ncn[nH]1. The molecule has 8 aromatic rings. The highest BCUT2D eigenvalue weighted by Crippen LogP contribution is 2.08. The normalized spacial score (nSPS) is 9.32. The van der Waals surface area contributed by atoms with E-state index in [1.54, 1.807) is 23.4 Å². The van der Waals surface area contributed by atoms with E-state index >= 15 is 0 Å². The highest BCUT2D eigenvalue weighted by Gasteiger charge is 1.94. The Kier molecular flexibility index (Phi) is 21.1. The molecule has 0 aliphatic heterocycles. The molecule has 0 bridgehead atoms. The number of hydrogen-bond donors (Lipinski definition) is 2. The highest BCUT2D eigenvalue weighted by molar-refractivity contribution is 5.74. The fourth-order valence-electron chi connectivity index (χ4n) is 3.79. The maximum Gasteiger partial charge on any atom is 0.137 e. The van der Waals surface area contributed by atoms with E-state index < -0.39 is 0 Å². The average molecular weight is 727 g/mol. The lowest BCUT2D eigenvalue weighted by molar-refractivity contribution is 0.393. The summed E-state index contributed by atoms with van der Waals surface area (Å²) in [6, 6.07) is 13.8. The van der Waals surface area contributed by atoms with Crippen LogP contribution in [0.2, 0.25) is 0 Å². The van der Waals surface area contributed by atoms with E-state index in [0.29, 0.717) is 0 Å². The lowest BCUT2D eigenvalue weighted by atomic mass is 10.3. The molecule has 0 unspecified atom stereocenters. The largest absolute Gasteiger partial charge is 0.361 e. The van der Waals surface area contributed by atoms with Gasteiger partial charge >= 0.3 is 0 Å². The van der Waals surface area contributed by atoms with E-state index in [1.165, 1.54) is 12.0 Å². The van der Waals surface area contributed by atoms with Gasteiger partial charge < -0.3 is 18.6 Å². The Bertz CT molecular complexity index is 1810. The summed E-state index contributed by atoms with van der Waals surface area (Å²) < 4.78 is 12.2. The zero-order chi connectivity index (χ0) is 39.8. The molecule has 0 aliphatic rings. The van der Waals surface area contributed by atoms with Crippen LogP contribution in [0, 0.1) is 55.4 Å². The minimum Gasteiger partial charge on any atom is -0.361 e. The quantitative estimate of drug-likeness (QED) is 0.164. The van der Waals surface area contributed by atoms with Crippen molar-refractivity contribution in [2.24, 2.45) is 28.2 Å². The van der Waals surface area contributed by atoms with Crippen molar-refractivity contribution < 1.29 is 4.52 Å². The van der Waals surface area contributed by atoms with Crippen LogP contribution in [0.1, 0.15) is 59.9 Å². The number of rotatable bonds is 0. The van der Waals surface area contributed by atoms with Gasteiger partial charge in [0.15, 0.2) is 0 Å². The average Bonchev–Trinajstić information content (AvgIpc) is 4.01. The number of nitrogens with one attached hydrogen (secondary N) is 2. The van der Waals surface area contributed by atoms with Gasteiger partial charge in [0.2, 0.25) is 0 Å². The molecule has 0 radical (unpaired) electrons.